The van der Waals surface area contributed by atoms with Crippen LogP contribution in [0.15, 0.2) is 30.5 Å². The quantitative estimate of drug-likeness (QED) is 0.863. The molecular formula is C20H18N2O5. The van der Waals surface area contributed by atoms with Crippen LogP contribution < -0.4 is 14.8 Å². The number of carbonyl (C=O) groups excluding carboxylic acids is 1. The summed E-state index contributed by atoms with van der Waals surface area (Å²) in [5.41, 5.74) is 0.927. The molecule has 1 amide bonds. The van der Waals surface area contributed by atoms with E-state index >= 15 is 0 Å². The zero-order valence-corrected chi connectivity index (χ0v) is 14.7. The van der Waals surface area contributed by atoms with Crippen molar-refractivity contribution in [2.75, 3.05) is 5.32 Å². The van der Waals surface area contributed by atoms with Crippen molar-refractivity contribution in [3.63, 3.8) is 0 Å². The second-order valence-electron chi connectivity index (χ2n) is 7.20. The van der Waals surface area contributed by atoms with Gasteiger partial charge in [0.15, 0.2) is 0 Å². The molecule has 3 atom stereocenters. The highest BCUT2D eigenvalue weighted by molar-refractivity contribution is 5.93. The van der Waals surface area contributed by atoms with Crippen LogP contribution in [0.1, 0.15) is 36.8 Å². The van der Waals surface area contributed by atoms with Gasteiger partial charge in [-0.2, -0.15) is 0 Å². The third-order valence-corrected chi connectivity index (χ3v) is 5.91. The summed E-state index contributed by atoms with van der Waals surface area (Å²) in [6.45, 7) is 1.88. The molecule has 0 saturated heterocycles. The number of nitrogens with one attached hydrogen (secondary N) is 1. The summed E-state index contributed by atoms with van der Waals surface area (Å²) in [6.07, 6.45) is 2.80. The van der Waals surface area contributed by atoms with E-state index in [0.717, 1.165) is 16.9 Å². The molecule has 7 heteroatoms. The SMILES string of the molecule is CC[C@@]1(C(=O)O)[C@H]2Oc3ccc(Oc4ccnc5c4CCC(=O)N5)cc3[C@@H]21. The lowest BCUT2D eigenvalue weighted by Crippen LogP contribution is -2.23. The third-order valence-electron chi connectivity index (χ3n) is 5.91. The number of pyridine rings is 1. The molecule has 1 saturated carbocycles. The van der Waals surface area contributed by atoms with Crippen molar-refractivity contribution >= 4 is 17.7 Å². The molecular weight excluding hydrogens is 348 g/mol. The Kier molecular flexibility index (Phi) is 3.25. The minimum absolute atomic E-state index is 0.0498. The Morgan fingerprint density at radius 2 is 2.26 bits per heavy atom. The van der Waals surface area contributed by atoms with Crippen LogP contribution in [0, 0.1) is 5.41 Å². The van der Waals surface area contributed by atoms with E-state index in [9.17, 15) is 14.7 Å². The van der Waals surface area contributed by atoms with E-state index in [4.69, 9.17) is 9.47 Å². The molecule has 5 rings (SSSR count). The number of aliphatic carboxylic acids is 1. The summed E-state index contributed by atoms with van der Waals surface area (Å²) < 4.78 is 11.9. The van der Waals surface area contributed by atoms with Crippen molar-refractivity contribution in [1.29, 1.82) is 0 Å². The van der Waals surface area contributed by atoms with Gasteiger partial charge in [-0.3, -0.25) is 9.59 Å². The van der Waals surface area contributed by atoms with Crippen LogP contribution in [-0.2, 0) is 16.0 Å². The number of carboxylic acids is 1. The van der Waals surface area contributed by atoms with Gasteiger partial charge in [-0.25, -0.2) is 4.98 Å². The number of ether oxygens (including phenoxy) is 2. The van der Waals surface area contributed by atoms with E-state index in [2.05, 4.69) is 10.3 Å². The third kappa shape index (κ3) is 2.17. The molecule has 138 valence electrons. The number of aromatic nitrogens is 1. The Balaban J connectivity index is 1.46. The fourth-order valence-corrected chi connectivity index (χ4v) is 4.40. The van der Waals surface area contributed by atoms with E-state index in [1.807, 2.05) is 25.1 Å². The molecule has 3 aliphatic rings. The van der Waals surface area contributed by atoms with Crippen LogP contribution in [0.25, 0.3) is 0 Å². The van der Waals surface area contributed by atoms with Crippen LogP contribution in [0.4, 0.5) is 5.82 Å². The fraction of sp³-hybridized carbons (Fsp3) is 0.350. The van der Waals surface area contributed by atoms with Crippen molar-refractivity contribution in [3.05, 3.63) is 41.6 Å². The first-order valence-electron chi connectivity index (χ1n) is 9.04. The fourth-order valence-electron chi connectivity index (χ4n) is 4.40. The molecule has 0 bridgehead atoms. The molecule has 0 unspecified atom stereocenters. The molecule has 7 nitrogen and oxygen atoms in total. The highest BCUT2D eigenvalue weighted by atomic mass is 16.5. The Labute approximate surface area is 155 Å². The van der Waals surface area contributed by atoms with Gasteiger partial charge in [0, 0.05) is 29.7 Å². The van der Waals surface area contributed by atoms with Crippen molar-refractivity contribution in [3.8, 4) is 17.2 Å². The van der Waals surface area contributed by atoms with Crippen LogP contribution >= 0.6 is 0 Å². The predicted octanol–water partition coefficient (Wildman–Crippen LogP) is 3.10. The van der Waals surface area contributed by atoms with Gasteiger partial charge in [-0.05, 0) is 37.1 Å². The highest BCUT2D eigenvalue weighted by Crippen LogP contribution is 2.69. The number of hydrogen-bond donors (Lipinski definition) is 2. The Morgan fingerprint density at radius 3 is 3.04 bits per heavy atom. The minimum Gasteiger partial charge on any atom is -0.488 e. The number of rotatable bonds is 4. The lowest BCUT2D eigenvalue weighted by molar-refractivity contribution is -0.145. The Morgan fingerprint density at radius 1 is 1.41 bits per heavy atom. The number of anilines is 1. The van der Waals surface area contributed by atoms with Crippen molar-refractivity contribution in [1.82, 2.24) is 4.98 Å². The molecule has 2 aliphatic heterocycles. The second-order valence-corrected chi connectivity index (χ2v) is 7.20. The first kappa shape index (κ1) is 16.1. The molecule has 1 fully saturated rings. The summed E-state index contributed by atoms with van der Waals surface area (Å²) in [5.74, 6) is 1.53. The van der Waals surface area contributed by atoms with Crippen molar-refractivity contribution in [2.24, 2.45) is 5.41 Å². The van der Waals surface area contributed by atoms with Gasteiger partial charge in [-0.15, -0.1) is 0 Å². The van der Waals surface area contributed by atoms with E-state index in [-0.39, 0.29) is 17.9 Å². The number of nitrogens with zero attached hydrogens (tertiary/aromatic N) is 1. The smallest absolute Gasteiger partial charge is 0.314 e. The molecule has 2 N–H and O–H groups in total. The van der Waals surface area contributed by atoms with E-state index in [0.29, 0.717) is 36.6 Å². The van der Waals surface area contributed by atoms with Gasteiger partial charge in [0.25, 0.3) is 0 Å². The van der Waals surface area contributed by atoms with Crippen molar-refractivity contribution < 1.29 is 24.2 Å². The summed E-state index contributed by atoms with van der Waals surface area (Å²) in [4.78, 5) is 27.5. The zero-order chi connectivity index (χ0) is 18.8. The summed E-state index contributed by atoms with van der Waals surface area (Å²) in [7, 11) is 0. The maximum absolute atomic E-state index is 11.7. The summed E-state index contributed by atoms with van der Waals surface area (Å²) in [5, 5.41) is 12.4. The van der Waals surface area contributed by atoms with E-state index in [1.165, 1.54) is 0 Å². The topological polar surface area (TPSA) is 97.8 Å². The number of hydrogen-bond acceptors (Lipinski definition) is 5. The first-order chi connectivity index (χ1) is 13.0. The maximum atomic E-state index is 11.7. The maximum Gasteiger partial charge on any atom is 0.314 e. The number of benzene rings is 1. The molecule has 0 radical (unpaired) electrons. The Bertz CT molecular complexity index is 988. The van der Waals surface area contributed by atoms with Gasteiger partial charge in [0.2, 0.25) is 5.91 Å². The van der Waals surface area contributed by atoms with E-state index in [1.54, 1.807) is 12.3 Å². The first-order valence-corrected chi connectivity index (χ1v) is 9.04. The zero-order valence-electron chi connectivity index (χ0n) is 14.7. The molecule has 0 spiro atoms. The van der Waals surface area contributed by atoms with Crippen LogP contribution in [0.2, 0.25) is 0 Å². The number of carboxylic acid groups (broad SMARTS) is 1. The van der Waals surface area contributed by atoms with Crippen LogP contribution in [0.5, 0.6) is 17.2 Å². The molecule has 1 aromatic heterocycles. The molecule has 1 aliphatic carbocycles. The number of fused-ring (bicyclic) bond motifs is 4. The molecule has 1 aromatic carbocycles. The van der Waals surface area contributed by atoms with Crippen LogP contribution in [0.3, 0.4) is 0 Å². The van der Waals surface area contributed by atoms with E-state index < -0.39 is 11.4 Å². The highest BCUT2D eigenvalue weighted by Gasteiger charge is 2.75. The summed E-state index contributed by atoms with van der Waals surface area (Å²) >= 11 is 0. The minimum atomic E-state index is -0.828. The molecule has 2 aromatic rings. The van der Waals surface area contributed by atoms with Crippen molar-refractivity contribution in [2.45, 2.75) is 38.2 Å². The van der Waals surface area contributed by atoms with Gasteiger partial charge in [0.1, 0.15) is 34.6 Å². The average Bonchev–Trinajstić information content (AvgIpc) is 3.16. The number of amides is 1. The van der Waals surface area contributed by atoms with Crippen LogP contribution in [-0.4, -0.2) is 28.1 Å². The van der Waals surface area contributed by atoms with Gasteiger partial charge in [-0.1, -0.05) is 6.92 Å². The average molecular weight is 366 g/mol. The summed E-state index contributed by atoms with van der Waals surface area (Å²) in [6, 6.07) is 7.28. The molecule has 27 heavy (non-hydrogen) atoms. The number of carbonyl (C=O) groups is 2. The van der Waals surface area contributed by atoms with Gasteiger partial charge in [0.05, 0.1) is 0 Å². The standard InChI is InChI=1S/C20H18N2O5/c1-2-20(19(24)25)16-12-9-10(3-5-13(12)27-17(16)20)26-14-7-8-21-18-11(14)4-6-15(23)22-18/h3,5,7-9,16-17H,2,4,6H2,1H3,(H,24,25)(H,21,22,23)/t16-,17-,20-/m0/s1. The lowest BCUT2D eigenvalue weighted by atomic mass is 9.95. The normalized spacial score (nSPS) is 26.9. The lowest BCUT2D eigenvalue weighted by Gasteiger charge is -2.19. The molecule has 3 heterocycles. The van der Waals surface area contributed by atoms with Gasteiger partial charge >= 0.3 is 5.97 Å². The van der Waals surface area contributed by atoms with Gasteiger partial charge < -0.3 is 19.9 Å². The second kappa shape index (κ2) is 5.45. The monoisotopic (exact) mass is 366 g/mol. The predicted molar refractivity (Wildman–Crippen MR) is 95.2 cm³/mol. The Hall–Kier alpha value is -3.09. The largest absolute Gasteiger partial charge is 0.488 e.